The van der Waals surface area contributed by atoms with Crippen LogP contribution in [0.4, 0.5) is 0 Å². The fourth-order valence-corrected chi connectivity index (χ4v) is 2.91. The number of rotatable bonds is 4. The Bertz CT molecular complexity index is 767. The van der Waals surface area contributed by atoms with Gasteiger partial charge in [-0.15, -0.1) is 0 Å². The number of benzene rings is 2. The van der Waals surface area contributed by atoms with E-state index >= 15 is 0 Å². The highest BCUT2D eigenvalue weighted by molar-refractivity contribution is 6.32. The molecule has 0 bridgehead atoms. The minimum Gasteiger partial charge on any atom is -0.487 e. The summed E-state index contributed by atoms with van der Waals surface area (Å²) in [5, 5.41) is 10.0. The molecular weight excluding hydrogens is 306 g/mol. The molecule has 0 spiro atoms. The third kappa shape index (κ3) is 3.21. The summed E-state index contributed by atoms with van der Waals surface area (Å²) in [6, 6.07) is 14.5. The first-order valence-electron chi connectivity index (χ1n) is 7.89. The van der Waals surface area contributed by atoms with Gasteiger partial charge in [0.2, 0.25) is 0 Å². The maximum Gasteiger partial charge on any atom is 0.156 e. The van der Waals surface area contributed by atoms with E-state index in [1.165, 1.54) is 11.1 Å². The van der Waals surface area contributed by atoms with Crippen LogP contribution in [0, 0.1) is 18.3 Å². The van der Waals surface area contributed by atoms with Gasteiger partial charge in [-0.1, -0.05) is 55.3 Å². The van der Waals surface area contributed by atoms with Gasteiger partial charge in [0, 0.05) is 5.41 Å². The first-order valence-corrected chi connectivity index (χ1v) is 8.27. The molecule has 0 amide bonds. The van der Waals surface area contributed by atoms with Gasteiger partial charge in [-0.25, -0.2) is 0 Å². The second-order valence-electron chi connectivity index (χ2n) is 6.75. The van der Waals surface area contributed by atoms with Crippen LogP contribution >= 0.6 is 11.6 Å². The summed E-state index contributed by atoms with van der Waals surface area (Å²) in [5.74, 6) is 0.528. The zero-order valence-corrected chi connectivity index (χ0v) is 14.4. The standard InChI is InChI=1S/C20H20ClNO/c1-13-4-6-15(7-5-13)20(2,3)16-10-14(12-22)19(18(21)11-16)23-17-8-9-17/h4-7,10-11,17H,8-9H2,1-3H3. The second-order valence-corrected chi connectivity index (χ2v) is 7.16. The molecule has 3 rings (SSSR count). The third-order valence-corrected chi connectivity index (χ3v) is 4.75. The topological polar surface area (TPSA) is 33.0 Å². The quantitative estimate of drug-likeness (QED) is 0.755. The SMILES string of the molecule is Cc1ccc(C(C)(C)c2cc(Cl)c(OC3CC3)c(C#N)c2)cc1. The second kappa shape index (κ2) is 5.91. The molecule has 1 saturated carbocycles. The Hall–Kier alpha value is -1.98. The van der Waals surface area contributed by atoms with Crippen LogP contribution in [-0.4, -0.2) is 6.10 Å². The van der Waals surface area contributed by atoms with Gasteiger partial charge < -0.3 is 4.74 Å². The van der Waals surface area contributed by atoms with E-state index in [1.807, 2.05) is 12.1 Å². The van der Waals surface area contributed by atoms with Gasteiger partial charge in [-0.2, -0.15) is 5.26 Å². The normalized spacial score (nSPS) is 14.4. The maximum absolute atomic E-state index is 9.48. The van der Waals surface area contributed by atoms with Crippen LogP contribution < -0.4 is 4.74 Å². The highest BCUT2D eigenvalue weighted by Crippen LogP contribution is 2.40. The van der Waals surface area contributed by atoms with Gasteiger partial charge in [0.1, 0.15) is 6.07 Å². The summed E-state index contributed by atoms with van der Waals surface area (Å²) in [4.78, 5) is 0. The molecule has 23 heavy (non-hydrogen) atoms. The number of nitrogens with zero attached hydrogens (tertiary/aromatic N) is 1. The minimum atomic E-state index is -0.235. The van der Waals surface area contributed by atoms with E-state index in [0.29, 0.717) is 16.3 Å². The van der Waals surface area contributed by atoms with E-state index < -0.39 is 0 Å². The maximum atomic E-state index is 9.48. The molecule has 0 N–H and O–H groups in total. The molecule has 0 radical (unpaired) electrons. The summed E-state index contributed by atoms with van der Waals surface area (Å²) < 4.78 is 5.81. The number of hydrogen-bond acceptors (Lipinski definition) is 2. The van der Waals surface area contributed by atoms with Crippen LogP contribution in [0.5, 0.6) is 5.75 Å². The molecule has 2 aromatic rings. The van der Waals surface area contributed by atoms with Gasteiger partial charge in [0.05, 0.1) is 16.7 Å². The van der Waals surface area contributed by atoms with Crippen LogP contribution in [0.15, 0.2) is 36.4 Å². The molecular formula is C20H20ClNO. The first kappa shape index (κ1) is 15.9. The van der Waals surface area contributed by atoms with Crippen LogP contribution in [0.2, 0.25) is 5.02 Å². The van der Waals surface area contributed by atoms with Crippen molar-refractivity contribution in [2.24, 2.45) is 0 Å². The Morgan fingerprint density at radius 1 is 1.13 bits per heavy atom. The average Bonchev–Trinajstić information content (AvgIpc) is 3.33. The Morgan fingerprint density at radius 2 is 1.78 bits per heavy atom. The molecule has 1 aliphatic rings. The lowest BCUT2D eigenvalue weighted by Gasteiger charge is -2.27. The molecule has 0 aliphatic heterocycles. The lowest BCUT2D eigenvalue weighted by atomic mass is 9.77. The molecule has 1 fully saturated rings. The van der Waals surface area contributed by atoms with Crippen molar-refractivity contribution >= 4 is 11.6 Å². The van der Waals surface area contributed by atoms with Crippen molar-refractivity contribution in [3.8, 4) is 11.8 Å². The Labute approximate surface area is 142 Å². The number of hydrogen-bond donors (Lipinski definition) is 0. The van der Waals surface area contributed by atoms with Crippen molar-refractivity contribution in [1.29, 1.82) is 5.26 Å². The fourth-order valence-electron chi connectivity index (χ4n) is 2.65. The Morgan fingerprint density at radius 3 is 2.35 bits per heavy atom. The predicted molar refractivity (Wildman–Crippen MR) is 93.1 cm³/mol. The number of halogens is 1. The zero-order valence-electron chi connectivity index (χ0n) is 13.7. The summed E-state index contributed by atoms with van der Waals surface area (Å²) in [6.07, 6.45) is 2.30. The van der Waals surface area contributed by atoms with E-state index in [1.54, 1.807) is 0 Å². The lowest BCUT2D eigenvalue weighted by molar-refractivity contribution is 0.302. The molecule has 0 unspecified atom stereocenters. The van der Waals surface area contributed by atoms with Crippen LogP contribution in [-0.2, 0) is 5.41 Å². The number of aryl methyl sites for hydroxylation is 1. The third-order valence-electron chi connectivity index (χ3n) is 4.47. The minimum absolute atomic E-state index is 0.218. The van der Waals surface area contributed by atoms with E-state index in [2.05, 4.69) is 51.1 Å². The Kier molecular flexibility index (Phi) is 4.08. The van der Waals surface area contributed by atoms with Crippen molar-refractivity contribution in [3.05, 3.63) is 63.7 Å². The number of ether oxygens (including phenoxy) is 1. The van der Waals surface area contributed by atoms with E-state index in [0.717, 1.165) is 18.4 Å². The fraction of sp³-hybridized carbons (Fsp3) is 0.350. The zero-order chi connectivity index (χ0) is 16.6. The Balaban J connectivity index is 2.03. The molecule has 3 heteroatoms. The highest BCUT2D eigenvalue weighted by Gasteiger charge is 2.29. The highest BCUT2D eigenvalue weighted by atomic mass is 35.5. The first-order chi connectivity index (χ1) is 10.9. The smallest absolute Gasteiger partial charge is 0.156 e. The van der Waals surface area contributed by atoms with Gasteiger partial charge in [-0.3, -0.25) is 0 Å². The van der Waals surface area contributed by atoms with Gasteiger partial charge >= 0.3 is 0 Å². The predicted octanol–water partition coefficient (Wildman–Crippen LogP) is 5.39. The van der Waals surface area contributed by atoms with E-state index in [-0.39, 0.29) is 11.5 Å². The summed E-state index contributed by atoms with van der Waals surface area (Å²) >= 11 is 6.43. The van der Waals surface area contributed by atoms with Gasteiger partial charge in [-0.05, 0) is 43.0 Å². The average molecular weight is 326 g/mol. The lowest BCUT2D eigenvalue weighted by Crippen LogP contribution is -2.19. The van der Waals surface area contributed by atoms with Gasteiger partial charge in [0.15, 0.2) is 5.75 Å². The van der Waals surface area contributed by atoms with Crippen molar-refractivity contribution in [2.75, 3.05) is 0 Å². The molecule has 2 aromatic carbocycles. The van der Waals surface area contributed by atoms with E-state index in [9.17, 15) is 5.26 Å². The molecule has 118 valence electrons. The van der Waals surface area contributed by atoms with E-state index in [4.69, 9.17) is 16.3 Å². The molecule has 2 nitrogen and oxygen atoms in total. The molecule has 0 saturated heterocycles. The summed E-state index contributed by atoms with van der Waals surface area (Å²) in [7, 11) is 0. The van der Waals surface area contributed by atoms with Crippen LogP contribution in [0.1, 0.15) is 48.9 Å². The molecule has 0 aromatic heterocycles. The summed E-state index contributed by atoms with van der Waals surface area (Å²) in [6.45, 7) is 6.36. The van der Waals surface area contributed by atoms with Crippen LogP contribution in [0.25, 0.3) is 0 Å². The van der Waals surface area contributed by atoms with Crippen molar-refractivity contribution < 1.29 is 4.74 Å². The molecule has 0 heterocycles. The van der Waals surface area contributed by atoms with Crippen LogP contribution in [0.3, 0.4) is 0 Å². The molecule has 0 atom stereocenters. The summed E-state index contributed by atoms with van der Waals surface area (Å²) in [5.41, 5.74) is 3.72. The van der Waals surface area contributed by atoms with Crippen molar-refractivity contribution in [2.45, 2.75) is 45.1 Å². The monoisotopic (exact) mass is 325 g/mol. The number of nitriles is 1. The largest absolute Gasteiger partial charge is 0.487 e. The molecule has 1 aliphatic carbocycles. The van der Waals surface area contributed by atoms with Crippen molar-refractivity contribution in [3.63, 3.8) is 0 Å². The van der Waals surface area contributed by atoms with Gasteiger partial charge in [0.25, 0.3) is 0 Å². The van der Waals surface area contributed by atoms with Crippen molar-refractivity contribution in [1.82, 2.24) is 0 Å².